The summed E-state index contributed by atoms with van der Waals surface area (Å²) in [4.78, 5) is 14.1. The van der Waals surface area contributed by atoms with Crippen molar-refractivity contribution in [3.63, 3.8) is 0 Å². The number of amides is 1. The molecule has 1 atom stereocenters. The summed E-state index contributed by atoms with van der Waals surface area (Å²) in [5, 5.41) is 3.26. The first-order chi connectivity index (χ1) is 11.5. The van der Waals surface area contributed by atoms with Crippen LogP contribution < -0.4 is 15.8 Å². The second-order valence-corrected chi connectivity index (χ2v) is 6.22. The maximum Gasteiger partial charge on any atom is 0.387 e. The van der Waals surface area contributed by atoms with Crippen LogP contribution in [0.4, 0.5) is 8.78 Å². The number of hydrogen-bond acceptors (Lipinski definition) is 4. The molecule has 0 spiro atoms. The quantitative estimate of drug-likeness (QED) is 0.781. The fourth-order valence-corrected chi connectivity index (χ4v) is 3.07. The molecule has 5 nitrogen and oxygen atoms in total. The summed E-state index contributed by atoms with van der Waals surface area (Å²) in [5.41, 5.74) is 5.98. The fourth-order valence-electron chi connectivity index (χ4n) is 2.88. The Morgan fingerprint density at radius 1 is 1.50 bits per heavy atom. The van der Waals surface area contributed by atoms with E-state index in [0.29, 0.717) is 36.8 Å². The largest absolute Gasteiger partial charge is 0.434 e. The Bertz CT molecular complexity index is 560. The molecule has 1 saturated heterocycles. The monoisotopic (exact) mass is 361 g/mol. The van der Waals surface area contributed by atoms with Crippen molar-refractivity contribution in [1.82, 2.24) is 10.2 Å². The average molecular weight is 362 g/mol. The zero-order valence-corrected chi connectivity index (χ0v) is 14.1. The van der Waals surface area contributed by atoms with Crippen molar-refractivity contribution < 1.29 is 18.3 Å². The lowest BCUT2D eigenvalue weighted by Crippen LogP contribution is -2.43. The lowest BCUT2D eigenvalue weighted by atomic mass is 9.96. The molecule has 0 aliphatic carbocycles. The number of ether oxygens (including phenoxy) is 1. The molecular weight excluding hydrogens is 340 g/mol. The van der Waals surface area contributed by atoms with Gasteiger partial charge in [0, 0.05) is 36.8 Å². The first-order valence-electron chi connectivity index (χ1n) is 7.93. The van der Waals surface area contributed by atoms with Crippen molar-refractivity contribution in [2.45, 2.75) is 26.0 Å². The van der Waals surface area contributed by atoms with Gasteiger partial charge in [0.1, 0.15) is 5.75 Å². The highest BCUT2D eigenvalue weighted by Gasteiger charge is 2.26. The lowest BCUT2D eigenvalue weighted by molar-refractivity contribution is -0.126. The van der Waals surface area contributed by atoms with Crippen molar-refractivity contribution >= 4 is 17.5 Å². The third kappa shape index (κ3) is 5.58. The fraction of sp³-hybridized carbons (Fsp3) is 0.562. The summed E-state index contributed by atoms with van der Waals surface area (Å²) >= 11 is 5.97. The molecule has 134 valence electrons. The average Bonchev–Trinajstić information content (AvgIpc) is 2.55. The zero-order valence-electron chi connectivity index (χ0n) is 13.3. The number of nitrogens with two attached hydrogens (primary N) is 1. The summed E-state index contributed by atoms with van der Waals surface area (Å²) in [6.45, 7) is -0.266. The van der Waals surface area contributed by atoms with Crippen molar-refractivity contribution in [3.05, 3.63) is 28.8 Å². The van der Waals surface area contributed by atoms with Gasteiger partial charge in [0.05, 0.1) is 5.92 Å². The minimum Gasteiger partial charge on any atom is -0.434 e. The molecule has 1 aromatic carbocycles. The van der Waals surface area contributed by atoms with Gasteiger partial charge in [-0.25, -0.2) is 0 Å². The Balaban J connectivity index is 2.02. The molecule has 1 aromatic rings. The van der Waals surface area contributed by atoms with E-state index in [1.807, 2.05) is 0 Å². The number of nitrogens with zero attached hydrogens (tertiary/aromatic N) is 1. The Hall–Kier alpha value is -1.44. The first kappa shape index (κ1) is 18.9. The summed E-state index contributed by atoms with van der Waals surface area (Å²) in [7, 11) is 0. The smallest absolute Gasteiger partial charge is 0.387 e. The highest BCUT2D eigenvalue weighted by molar-refractivity contribution is 6.30. The van der Waals surface area contributed by atoms with E-state index in [1.165, 1.54) is 12.1 Å². The summed E-state index contributed by atoms with van der Waals surface area (Å²) in [6, 6.07) is 4.58. The normalized spacial score (nSPS) is 18.6. The molecule has 24 heavy (non-hydrogen) atoms. The van der Waals surface area contributed by atoms with Gasteiger partial charge in [-0.1, -0.05) is 11.6 Å². The Morgan fingerprint density at radius 2 is 2.29 bits per heavy atom. The van der Waals surface area contributed by atoms with Crippen LogP contribution in [0.5, 0.6) is 5.75 Å². The van der Waals surface area contributed by atoms with Crippen molar-refractivity contribution in [1.29, 1.82) is 0 Å². The lowest BCUT2D eigenvalue weighted by Gasteiger charge is -2.32. The molecule has 0 saturated carbocycles. The molecule has 1 heterocycles. The van der Waals surface area contributed by atoms with Crippen LogP contribution in [0.3, 0.4) is 0 Å². The zero-order chi connectivity index (χ0) is 17.5. The van der Waals surface area contributed by atoms with E-state index < -0.39 is 6.61 Å². The van der Waals surface area contributed by atoms with E-state index >= 15 is 0 Å². The van der Waals surface area contributed by atoms with E-state index in [4.69, 9.17) is 17.3 Å². The van der Waals surface area contributed by atoms with Crippen LogP contribution >= 0.6 is 11.6 Å². The standard InChI is InChI=1S/C16H22ClF2N3O2/c17-13-3-4-14(24-16(18)19)12(8-13)10-22-7-1-2-11(9-22)15(23)21-6-5-20/h3-4,8,11,16H,1-2,5-7,9-10,20H2,(H,21,23). The molecule has 8 heteroatoms. The van der Waals surface area contributed by atoms with E-state index in [-0.39, 0.29) is 17.6 Å². The van der Waals surface area contributed by atoms with Gasteiger partial charge in [-0.15, -0.1) is 0 Å². The van der Waals surface area contributed by atoms with Gasteiger partial charge >= 0.3 is 6.61 Å². The molecule has 1 fully saturated rings. The molecule has 2 rings (SSSR count). The van der Waals surface area contributed by atoms with Gasteiger partial charge in [0.25, 0.3) is 0 Å². The number of hydrogen-bond donors (Lipinski definition) is 2. The molecular formula is C16H22ClF2N3O2. The van der Waals surface area contributed by atoms with Gasteiger partial charge in [-0.05, 0) is 37.6 Å². The number of nitrogens with one attached hydrogen (secondary N) is 1. The van der Waals surface area contributed by atoms with Gasteiger partial charge in [-0.2, -0.15) is 8.78 Å². The van der Waals surface area contributed by atoms with Gasteiger partial charge in [0.15, 0.2) is 0 Å². The topological polar surface area (TPSA) is 67.6 Å². The number of carbonyl (C=O) groups is 1. The van der Waals surface area contributed by atoms with Gasteiger partial charge in [-0.3, -0.25) is 9.69 Å². The number of benzene rings is 1. The first-order valence-corrected chi connectivity index (χ1v) is 8.30. The van der Waals surface area contributed by atoms with Crippen LogP contribution in [-0.4, -0.2) is 43.6 Å². The van der Waals surface area contributed by atoms with Gasteiger partial charge in [0.2, 0.25) is 5.91 Å². The minimum absolute atomic E-state index is 0.0136. The Kier molecular flexibility index (Phi) is 7.20. The molecule has 0 bridgehead atoms. The van der Waals surface area contributed by atoms with Crippen LogP contribution in [0, 0.1) is 5.92 Å². The maximum absolute atomic E-state index is 12.5. The number of carbonyl (C=O) groups excluding carboxylic acids is 1. The van der Waals surface area contributed by atoms with Crippen LogP contribution in [0.2, 0.25) is 5.02 Å². The number of likely N-dealkylation sites (tertiary alicyclic amines) is 1. The molecule has 0 radical (unpaired) electrons. The predicted octanol–water partition coefficient (Wildman–Crippen LogP) is 2.23. The predicted molar refractivity (Wildman–Crippen MR) is 88.1 cm³/mol. The number of rotatable bonds is 7. The third-order valence-electron chi connectivity index (χ3n) is 3.95. The second kappa shape index (κ2) is 9.15. The summed E-state index contributed by atoms with van der Waals surface area (Å²) in [6.07, 6.45) is 1.68. The molecule has 0 aromatic heterocycles. The maximum atomic E-state index is 12.5. The summed E-state index contributed by atoms with van der Waals surface area (Å²) in [5.74, 6) is -0.0200. The molecule has 1 aliphatic heterocycles. The molecule has 1 amide bonds. The second-order valence-electron chi connectivity index (χ2n) is 5.78. The van der Waals surface area contributed by atoms with Crippen molar-refractivity contribution in [3.8, 4) is 5.75 Å². The number of halogens is 3. The van der Waals surface area contributed by atoms with Gasteiger partial charge < -0.3 is 15.8 Å². The molecule has 3 N–H and O–H groups in total. The SMILES string of the molecule is NCCNC(=O)C1CCCN(Cc2cc(Cl)ccc2OC(F)F)C1. The van der Waals surface area contributed by atoms with Crippen LogP contribution in [0.15, 0.2) is 18.2 Å². The Labute approximate surface area is 145 Å². The number of alkyl halides is 2. The van der Waals surface area contributed by atoms with Crippen LogP contribution in [-0.2, 0) is 11.3 Å². The summed E-state index contributed by atoms with van der Waals surface area (Å²) < 4.78 is 29.6. The Morgan fingerprint density at radius 3 is 3.00 bits per heavy atom. The van der Waals surface area contributed by atoms with E-state index in [0.717, 1.165) is 19.4 Å². The van der Waals surface area contributed by atoms with E-state index in [1.54, 1.807) is 6.07 Å². The minimum atomic E-state index is -2.89. The van der Waals surface area contributed by atoms with Crippen LogP contribution in [0.25, 0.3) is 0 Å². The third-order valence-corrected chi connectivity index (χ3v) is 4.19. The van der Waals surface area contributed by atoms with E-state index in [9.17, 15) is 13.6 Å². The highest BCUT2D eigenvalue weighted by atomic mass is 35.5. The molecule has 1 aliphatic rings. The molecule has 1 unspecified atom stereocenters. The van der Waals surface area contributed by atoms with Crippen molar-refractivity contribution in [2.24, 2.45) is 11.7 Å². The highest BCUT2D eigenvalue weighted by Crippen LogP contribution is 2.27. The van der Waals surface area contributed by atoms with Crippen LogP contribution in [0.1, 0.15) is 18.4 Å². The number of piperidine rings is 1. The van der Waals surface area contributed by atoms with Crippen molar-refractivity contribution in [2.75, 3.05) is 26.2 Å². The van der Waals surface area contributed by atoms with E-state index in [2.05, 4.69) is 15.0 Å².